The van der Waals surface area contributed by atoms with Gasteiger partial charge >= 0.3 is 0 Å². The van der Waals surface area contributed by atoms with Gasteiger partial charge in [-0.05, 0) is 19.4 Å². The SMILES string of the molecule is C=C/C(C=O)=C(C)\C=C/C.CC.CC. The highest BCUT2D eigenvalue weighted by molar-refractivity contribution is 5.79. The molecule has 0 aliphatic heterocycles. The van der Waals surface area contributed by atoms with E-state index in [2.05, 4.69) is 6.58 Å². The molecule has 0 unspecified atom stereocenters. The molecule has 14 heavy (non-hydrogen) atoms. The minimum Gasteiger partial charge on any atom is -0.298 e. The Morgan fingerprint density at radius 3 is 1.79 bits per heavy atom. The molecule has 0 N–H and O–H groups in total. The van der Waals surface area contributed by atoms with E-state index in [1.54, 1.807) is 6.08 Å². The van der Waals surface area contributed by atoms with Crippen LogP contribution in [0.5, 0.6) is 0 Å². The predicted molar refractivity (Wildman–Crippen MR) is 66.5 cm³/mol. The second kappa shape index (κ2) is 17.8. The molecule has 0 spiro atoms. The summed E-state index contributed by atoms with van der Waals surface area (Å²) in [6.45, 7) is 15.3. The van der Waals surface area contributed by atoms with Gasteiger partial charge in [-0.15, -0.1) is 0 Å². The zero-order valence-corrected chi connectivity index (χ0v) is 10.4. The molecule has 0 aliphatic carbocycles. The van der Waals surface area contributed by atoms with E-state index in [9.17, 15) is 4.79 Å². The van der Waals surface area contributed by atoms with Gasteiger partial charge in [-0.2, -0.15) is 0 Å². The van der Waals surface area contributed by atoms with Gasteiger partial charge in [-0.1, -0.05) is 52.5 Å². The highest BCUT2D eigenvalue weighted by Crippen LogP contribution is 2.03. The van der Waals surface area contributed by atoms with Gasteiger partial charge in [0.1, 0.15) is 6.29 Å². The van der Waals surface area contributed by atoms with Crippen molar-refractivity contribution in [2.45, 2.75) is 41.5 Å². The van der Waals surface area contributed by atoms with Crippen molar-refractivity contribution in [1.29, 1.82) is 0 Å². The Hall–Kier alpha value is -1.11. The lowest BCUT2D eigenvalue weighted by atomic mass is 10.1. The van der Waals surface area contributed by atoms with Crippen LogP contribution in [-0.2, 0) is 4.79 Å². The van der Waals surface area contributed by atoms with Crippen LogP contribution >= 0.6 is 0 Å². The number of allylic oxidation sites excluding steroid dienone is 5. The number of hydrogen-bond donors (Lipinski definition) is 0. The first-order valence-corrected chi connectivity index (χ1v) is 5.17. The van der Waals surface area contributed by atoms with E-state index >= 15 is 0 Å². The Morgan fingerprint density at radius 2 is 1.57 bits per heavy atom. The van der Waals surface area contributed by atoms with Gasteiger partial charge < -0.3 is 0 Å². The van der Waals surface area contributed by atoms with Crippen LogP contribution < -0.4 is 0 Å². The van der Waals surface area contributed by atoms with E-state index in [0.717, 1.165) is 11.9 Å². The average Bonchev–Trinajstić information content (AvgIpc) is 2.26. The molecule has 0 radical (unpaired) electrons. The van der Waals surface area contributed by atoms with Crippen LogP contribution in [0.4, 0.5) is 0 Å². The standard InChI is InChI=1S/C9H12O.2C2H6/c1-4-6-8(3)9(5-2)7-10;2*1-2/h4-7H,2H2,1,3H3;2*1-2H3/b6-4-,9-8+;;. The Labute approximate surface area is 89.2 Å². The maximum atomic E-state index is 10.3. The highest BCUT2D eigenvalue weighted by Gasteiger charge is 1.90. The van der Waals surface area contributed by atoms with Crippen molar-refractivity contribution >= 4 is 6.29 Å². The quantitative estimate of drug-likeness (QED) is 0.373. The molecular formula is C13H24O. The summed E-state index contributed by atoms with van der Waals surface area (Å²) in [7, 11) is 0. The van der Waals surface area contributed by atoms with Crippen LogP contribution in [-0.4, -0.2) is 6.29 Å². The van der Waals surface area contributed by atoms with Crippen molar-refractivity contribution in [3.05, 3.63) is 36.0 Å². The third-order valence-electron chi connectivity index (χ3n) is 1.22. The van der Waals surface area contributed by atoms with E-state index in [1.165, 1.54) is 0 Å². The van der Waals surface area contributed by atoms with Crippen LogP contribution in [0.1, 0.15) is 41.5 Å². The van der Waals surface area contributed by atoms with Gasteiger partial charge in [0.05, 0.1) is 0 Å². The molecule has 0 rings (SSSR count). The minimum absolute atomic E-state index is 0.651. The molecule has 0 heterocycles. The maximum absolute atomic E-state index is 10.3. The molecule has 0 atom stereocenters. The summed E-state index contributed by atoms with van der Waals surface area (Å²) in [5.41, 5.74) is 1.60. The molecule has 0 aromatic carbocycles. The van der Waals surface area contributed by atoms with Crippen LogP contribution in [0.2, 0.25) is 0 Å². The largest absolute Gasteiger partial charge is 0.298 e. The molecule has 0 aromatic heterocycles. The van der Waals surface area contributed by atoms with Crippen LogP contribution in [0.25, 0.3) is 0 Å². The monoisotopic (exact) mass is 196 g/mol. The molecule has 0 saturated carbocycles. The molecule has 0 aliphatic rings. The van der Waals surface area contributed by atoms with Gasteiger partial charge in [0.2, 0.25) is 0 Å². The molecule has 82 valence electrons. The van der Waals surface area contributed by atoms with Crippen LogP contribution in [0.15, 0.2) is 36.0 Å². The number of hydrogen-bond acceptors (Lipinski definition) is 1. The van der Waals surface area contributed by atoms with Crippen molar-refractivity contribution in [3.63, 3.8) is 0 Å². The average molecular weight is 196 g/mol. The first kappa shape index (κ1) is 18.6. The van der Waals surface area contributed by atoms with E-state index < -0.39 is 0 Å². The van der Waals surface area contributed by atoms with Gasteiger partial charge in [-0.3, -0.25) is 4.79 Å². The van der Waals surface area contributed by atoms with Crippen LogP contribution in [0.3, 0.4) is 0 Å². The van der Waals surface area contributed by atoms with Crippen molar-refractivity contribution in [3.8, 4) is 0 Å². The topological polar surface area (TPSA) is 17.1 Å². The van der Waals surface area contributed by atoms with E-state index in [-0.39, 0.29) is 0 Å². The molecule has 1 heteroatoms. The number of carbonyl (C=O) groups excluding carboxylic acids is 1. The van der Waals surface area contributed by atoms with Crippen molar-refractivity contribution < 1.29 is 4.79 Å². The molecule has 0 aromatic rings. The first-order chi connectivity index (χ1) is 6.76. The Balaban J connectivity index is -0.000000266. The molecule has 0 amide bonds. The summed E-state index contributed by atoms with van der Waals surface area (Å²) in [5.74, 6) is 0. The van der Waals surface area contributed by atoms with Gasteiger partial charge in [0.15, 0.2) is 0 Å². The Bertz CT molecular complexity index is 175. The van der Waals surface area contributed by atoms with Crippen LogP contribution in [0, 0.1) is 0 Å². The Kier molecular flexibility index (Phi) is 23.7. The van der Waals surface area contributed by atoms with Gasteiger partial charge in [0.25, 0.3) is 0 Å². The zero-order chi connectivity index (χ0) is 12.0. The molecule has 0 fully saturated rings. The zero-order valence-electron chi connectivity index (χ0n) is 10.4. The van der Waals surface area contributed by atoms with E-state index in [1.807, 2.05) is 53.7 Å². The third kappa shape index (κ3) is 10.9. The summed E-state index contributed by atoms with van der Waals surface area (Å²) in [4.78, 5) is 10.3. The highest BCUT2D eigenvalue weighted by atomic mass is 16.1. The fourth-order valence-electron chi connectivity index (χ4n) is 0.648. The summed E-state index contributed by atoms with van der Waals surface area (Å²) >= 11 is 0. The molecular weight excluding hydrogens is 172 g/mol. The molecule has 0 saturated heterocycles. The predicted octanol–water partition coefficient (Wildman–Crippen LogP) is 4.32. The summed E-state index contributed by atoms with van der Waals surface area (Å²) in [6, 6.07) is 0. The summed E-state index contributed by atoms with van der Waals surface area (Å²) in [5, 5.41) is 0. The second-order valence-corrected chi connectivity index (χ2v) is 1.96. The maximum Gasteiger partial charge on any atom is 0.150 e. The summed E-state index contributed by atoms with van der Waals surface area (Å²) < 4.78 is 0. The fraction of sp³-hybridized carbons (Fsp3) is 0.462. The Morgan fingerprint density at radius 1 is 1.14 bits per heavy atom. The van der Waals surface area contributed by atoms with E-state index in [0.29, 0.717) is 5.57 Å². The molecule has 1 nitrogen and oxygen atoms in total. The van der Waals surface area contributed by atoms with Gasteiger partial charge in [-0.25, -0.2) is 0 Å². The van der Waals surface area contributed by atoms with Gasteiger partial charge in [0, 0.05) is 5.57 Å². The fourth-order valence-corrected chi connectivity index (χ4v) is 0.648. The lowest BCUT2D eigenvalue weighted by Crippen LogP contribution is -1.82. The number of rotatable bonds is 3. The lowest BCUT2D eigenvalue weighted by Gasteiger charge is -1.92. The van der Waals surface area contributed by atoms with E-state index in [4.69, 9.17) is 0 Å². The minimum atomic E-state index is 0.651. The first-order valence-electron chi connectivity index (χ1n) is 5.17. The number of aldehydes is 1. The smallest absolute Gasteiger partial charge is 0.150 e. The second-order valence-electron chi connectivity index (χ2n) is 1.96. The normalized spacial score (nSPS) is 10.1. The lowest BCUT2D eigenvalue weighted by molar-refractivity contribution is -0.104. The summed E-state index contributed by atoms with van der Waals surface area (Å²) in [6.07, 6.45) is 6.14. The third-order valence-corrected chi connectivity index (χ3v) is 1.22. The van der Waals surface area contributed by atoms with Crippen molar-refractivity contribution in [2.75, 3.05) is 0 Å². The van der Waals surface area contributed by atoms with Crippen molar-refractivity contribution in [2.24, 2.45) is 0 Å². The molecule has 0 bridgehead atoms. The van der Waals surface area contributed by atoms with Crippen molar-refractivity contribution in [1.82, 2.24) is 0 Å². The number of carbonyl (C=O) groups is 1.